The minimum atomic E-state index is -0.293. The molecule has 2 N–H and O–H groups in total. The minimum absolute atomic E-state index is 0.293. The van der Waals surface area contributed by atoms with E-state index in [-0.39, 0.29) is 5.91 Å². The molecular formula is C9H19NO2. The smallest absolute Gasteiger partial charge is 0.219 e. The number of primary amides is 1. The molecule has 1 atom stereocenters. The van der Waals surface area contributed by atoms with Crippen LogP contribution >= 0.6 is 0 Å². The van der Waals surface area contributed by atoms with Crippen molar-refractivity contribution in [3.63, 3.8) is 0 Å². The summed E-state index contributed by atoms with van der Waals surface area (Å²) in [6, 6.07) is 0. The summed E-state index contributed by atoms with van der Waals surface area (Å²) in [5, 5.41) is 0. The molecule has 0 fully saturated rings. The van der Waals surface area contributed by atoms with Crippen molar-refractivity contribution in [2.24, 2.45) is 11.7 Å². The van der Waals surface area contributed by atoms with Crippen LogP contribution in [-0.2, 0) is 9.53 Å². The van der Waals surface area contributed by atoms with E-state index in [1.165, 1.54) is 12.8 Å². The quantitative estimate of drug-likeness (QED) is 0.590. The minimum Gasteiger partial charge on any atom is -0.381 e. The van der Waals surface area contributed by atoms with Gasteiger partial charge in [0.05, 0.1) is 6.61 Å². The Morgan fingerprint density at radius 3 is 2.75 bits per heavy atom. The molecule has 3 heteroatoms. The summed E-state index contributed by atoms with van der Waals surface area (Å²) in [5.41, 5.74) is 4.95. The lowest BCUT2D eigenvalue weighted by atomic mass is 10.1. The van der Waals surface area contributed by atoms with E-state index in [1.54, 1.807) is 0 Å². The summed E-state index contributed by atoms with van der Waals surface area (Å²) < 4.78 is 5.26. The molecule has 1 amide bonds. The number of carbonyl (C=O) groups is 1. The Balaban J connectivity index is 3.13. The third-order valence-corrected chi connectivity index (χ3v) is 1.68. The zero-order chi connectivity index (χ0) is 9.40. The van der Waals surface area contributed by atoms with E-state index < -0.39 is 0 Å². The predicted molar refractivity (Wildman–Crippen MR) is 48.7 cm³/mol. The van der Waals surface area contributed by atoms with Gasteiger partial charge in [-0.2, -0.15) is 0 Å². The van der Waals surface area contributed by atoms with Gasteiger partial charge in [0.1, 0.15) is 0 Å². The molecule has 0 aromatic rings. The number of rotatable bonds is 7. The molecule has 0 aromatic carbocycles. The van der Waals surface area contributed by atoms with Crippen LogP contribution in [-0.4, -0.2) is 19.1 Å². The van der Waals surface area contributed by atoms with Crippen molar-refractivity contribution < 1.29 is 9.53 Å². The Kier molecular flexibility index (Phi) is 6.76. The summed E-state index contributed by atoms with van der Waals surface area (Å²) in [7, 11) is 0. The van der Waals surface area contributed by atoms with Crippen molar-refractivity contribution >= 4 is 5.91 Å². The van der Waals surface area contributed by atoms with Crippen molar-refractivity contribution in [3.8, 4) is 0 Å². The molecule has 0 heterocycles. The van der Waals surface area contributed by atoms with E-state index in [4.69, 9.17) is 10.5 Å². The number of hydrogen-bond acceptors (Lipinski definition) is 2. The Morgan fingerprint density at radius 1 is 1.58 bits per heavy atom. The Bertz CT molecular complexity index is 126. The van der Waals surface area contributed by atoms with Crippen LogP contribution in [0, 0.1) is 5.92 Å². The Morgan fingerprint density at radius 2 is 2.25 bits per heavy atom. The van der Waals surface area contributed by atoms with E-state index >= 15 is 0 Å². The fourth-order valence-corrected chi connectivity index (χ4v) is 1.03. The molecule has 0 saturated carbocycles. The predicted octanol–water partition coefficient (Wildman–Crippen LogP) is 1.31. The number of carbonyl (C=O) groups excluding carboxylic acids is 1. The first-order valence-corrected chi connectivity index (χ1v) is 4.52. The van der Waals surface area contributed by atoms with Gasteiger partial charge in [0.15, 0.2) is 0 Å². The molecule has 1 unspecified atom stereocenters. The van der Waals surface area contributed by atoms with E-state index in [2.05, 4.69) is 13.8 Å². The van der Waals surface area contributed by atoms with Crippen LogP contribution in [0.3, 0.4) is 0 Å². The third-order valence-electron chi connectivity index (χ3n) is 1.68. The van der Waals surface area contributed by atoms with Crippen LogP contribution in [0.15, 0.2) is 0 Å². The molecule has 0 saturated heterocycles. The van der Waals surface area contributed by atoms with Crippen LogP contribution in [0.2, 0.25) is 0 Å². The lowest BCUT2D eigenvalue weighted by Gasteiger charge is -2.09. The van der Waals surface area contributed by atoms with Crippen molar-refractivity contribution in [2.75, 3.05) is 13.2 Å². The first kappa shape index (κ1) is 11.4. The second kappa shape index (κ2) is 7.10. The normalized spacial score (nSPS) is 12.8. The highest BCUT2D eigenvalue weighted by atomic mass is 16.5. The fourth-order valence-electron chi connectivity index (χ4n) is 1.03. The Hall–Kier alpha value is -0.570. The average Bonchev–Trinajstić information content (AvgIpc) is 1.98. The van der Waals surface area contributed by atoms with Crippen LogP contribution in [0.1, 0.15) is 33.1 Å². The second-order valence-electron chi connectivity index (χ2n) is 3.19. The highest BCUT2D eigenvalue weighted by molar-refractivity contribution is 5.73. The molecule has 0 aliphatic rings. The maximum atomic E-state index is 10.3. The van der Waals surface area contributed by atoms with Crippen molar-refractivity contribution in [1.82, 2.24) is 0 Å². The van der Waals surface area contributed by atoms with E-state index in [0.717, 1.165) is 6.61 Å². The van der Waals surface area contributed by atoms with Gasteiger partial charge in [-0.25, -0.2) is 0 Å². The molecule has 0 bridgehead atoms. The lowest BCUT2D eigenvalue weighted by molar-refractivity contribution is -0.119. The number of hydrogen-bond donors (Lipinski definition) is 1. The third kappa shape index (κ3) is 7.54. The van der Waals surface area contributed by atoms with E-state index in [1.807, 2.05) is 0 Å². The molecule has 72 valence electrons. The fraction of sp³-hybridized carbons (Fsp3) is 0.889. The van der Waals surface area contributed by atoms with Gasteiger partial charge in [-0.3, -0.25) is 4.79 Å². The van der Waals surface area contributed by atoms with Gasteiger partial charge in [-0.05, 0) is 12.3 Å². The maximum absolute atomic E-state index is 10.3. The molecule has 0 aliphatic carbocycles. The van der Waals surface area contributed by atoms with Crippen LogP contribution < -0.4 is 5.73 Å². The molecule has 0 rings (SSSR count). The molecule has 3 nitrogen and oxygen atoms in total. The lowest BCUT2D eigenvalue weighted by Crippen LogP contribution is -2.15. The van der Waals surface area contributed by atoms with Crippen molar-refractivity contribution in [3.05, 3.63) is 0 Å². The molecule has 0 aromatic heterocycles. The number of ether oxygens (including phenoxy) is 1. The molecule has 0 spiro atoms. The van der Waals surface area contributed by atoms with Crippen molar-refractivity contribution in [1.29, 1.82) is 0 Å². The van der Waals surface area contributed by atoms with E-state index in [9.17, 15) is 4.79 Å². The van der Waals surface area contributed by atoms with Gasteiger partial charge in [0.25, 0.3) is 0 Å². The summed E-state index contributed by atoms with van der Waals surface area (Å²) in [4.78, 5) is 10.3. The summed E-state index contributed by atoms with van der Waals surface area (Å²) in [5.74, 6) is 0.293. The molecule has 0 aliphatic heterocycles. The SMILES string of the molecule is CCCC(C)COCCC(N)=O. The standard InChI is InChI=1S/C9H19NO2/c1-3-4-8(2)7-12-6-5-9(10)11/h8H,3-7H2,1-2H3,(H2,10,11). The first-order valence-electron chi connectivity index (χ1n) is 4.52. The molecule has 12 heavy (non-hydrogen) atoms. The highest BCUT2D eigenvalue weighted by Gasteiger charge is 2.00. The summed E-state index contributed by atoms with van der Waals surface area (Å²) >= 11 is 0. The summed E-state index contributed by atoms with van der Waals surface area (Å²) in [6.45, 7) is 5.50. The topological polar surface area (TPSA) is 52.3 Å². The number of amides is 1. The first-order chi connectivity index (χ1) is 5.66. The molecule has 0 radical (unpaired) electrons. The van der Waals surface area contributed by atoms with Gasteiger partial charge in [-0.15, -0.1) is 0 Å². The van der Waals surface area contributed by atoms with Gasteiger partial charge in [0.2, 0.25) is 5.91 Å². The largest absolute Gasteiger partial charge is 0.381 e. The van der Waals surface area contributed by atoms with Gasteiger partial charge >= 0.3 is 0 Å². The second-order valence-corrected chi connectivity index (χ2v) is 3.19. The van der Waals surface area contributed by atoms with E-state index in [0.29, 0.717) is 18.9 Å². The zero-order valence-corrected chi connectivity index (χ0v) is 8.01. The summed E-state index contributed by atoms with van der Waals surface area (Å²) in [6.07, 6.45) is 2.69. The maximum Gasteiger partial charge on any atom is 0.219 e. The van der Waals surface area contributed by atoms with Gasteiger partial charge < -0.3 is 10.5 Å². The van der Waals surface area contributed by atoms with Crippen LogP contribution in [0.25, 0.3) is 0 Å². The highest BCUT2D eigenvalue weighted by Crippen LogP contribution is 2.04. The van der Waals surface area contributed by atoms with Crippen LogP contribution in [0.4, 0.5) is 0 Å². The van der Waals surface area contributed by atoms with Crippen LogP contribution in [0.5, 0.6) is 0 Å². The average molecular weight is 173 g/mol. The van der Waals surface area contributed by atoms with Gasteiger partial charge in [-0.1, -0.05) is 20.3 Å². The van der Waals surface area contributed by atoms with Gasteiger partial charge in [0, 0.05) is 13.0 Å². The number of nitrogens with two attached hydrogens (primary N) is 1. The molecular weight excluding hydrogens is 154 g/mol. The Labute approximate surface area is 74.3 Å². The van der Waals surface area contributed by atoms with Crippen molar-refractivity contribution in [2.45, 2.75) is 33.1 Å². The monoisotopic (exact) mass is 173 g/mol. The zero-order valence-electron chi connectivity index (χ0n) is 8.01.